The van der Waals surface area contributed by atoms with Gasteiger partial charge in [0.2, 0.25) is 0 Å². The SMILES string of the molecule is Cn1nc(CS(=O)c2ccc(N)cc2F)c2ccccc21. The topological polar surface area (TPSA) is 60.9 Å². The second kappa shape index (κ2) is 5.29. The van der Waals surface area contributed by atoms with Crippen molar-refractivity contribution < 1.29 is 8.60 Å². The molecule has 4 nitrogen and oxygen atoms in total. The van der Waals surface area contributed by atoms with E-state index in [1.54, 1.807) is 10.7 Å². The molecular formula is C15H14FN3OS. The van der Waals surface area contributed by atoms with Crippen molar-refractivity contribution in [3.63, 3.8) is 0 Å². The van der Waals surface area contributed by atoms with Crippen LogP contribution in [0.4, 0.5) is 10.1 Å². The Labute approximate surface area is 123 Å². The minimum absolute atomic E-state index is 0.152. The second-order valence-electron chi connectivity index (χ2n) is 4.77. The molecule has 3 rings (SSSR count). The number of benzene rings is 2. The molecule has 6 heteroatoms. The summed E-state index contributed by atoms with van der Waals surface area (Å²) in [6.45, 7) is 0. The predicted molar refractivity (Wildman–Crippen MR) is 81.6 cm³/mol. The molecule has 0 aliphatic heterocycles. The molecule has 108 valence electrons. The molecule has 1 unspecified atom stereocenters. The maximum Gasteiger partial charge on any atom is 0.141 e. The summed E-state index contributed by atoms with van der Waals surface area (Å²) in [7, 11) is 0.329. The number of aromatic nitrogens is 2. The number of aryl methyl sites for hydroxylation is 1. The highest BCUT2D eigenvalue weighted by molar-refractivity contribution is 7.84. The Hall–Kier alpha value is -2.21. The molecule has 0 radical (unpaired) electrons. The lowest BCUT2D eigenvalue weighted by Crippen LogP contribution is -2.02. The summed E-state index contributed by atoms with van der Waals surface area (Å²) in [6.07, 6.45) is 0. The monoisotopic (exact) mass is 303 g/mol. The van der Waals surface area contributed by atoms with E-state index in [1.165, 1.54) is 12.1 Å². The van der Waals surface area contributed by atoms with Crippen molar-refractivity contribution in [2.75, 3.05) is 5.73 Å². The van der Waals surface area contributed by atoms with Crippen LogP contribution in [0.25, 0.3) is 10.9 Å². The first kappa shape index (κ1) is 13.8. The Kier molecular flexibility index (Phi) is 3.47. The number of hydrogen-bond acceptors (Lipinski definition) is 3. The first-order chi connectivity index (χ1) is 10.1. The standard InChI is InChI=1S/C15H14FN3OS/c1-19-14-5-3-2-4-11(14)13(18-19)9-21(20)15-7-6-10(17)8-12(15)16/h2-8H,9,17H2,1H3. The van der Waals surface area contributed by atoms with Gasteiger partial charge in [-0.1, -0.05) is 18.2 Å². The number of anilines is 1. The van der Waals surface area contributed by atoms with Crippen LogP contribution in [0.2, 0.25) is 0 Å². The Bertz CT molecular complexity index is 844. The lowest BCUT2D eigenvalue weighted by Gasteiger charge is -2.03. The molecule has 0 saturated heterocycles. The van der Waals surface area contributed by atoms with E-state index >= 15 is 0 Å². The Morgan fingerprint density at radius 3 is 2.81 bits per heavy atom. The van der Waals surface area contributed by atoms with Crippen molar-refractivity contribution in [1.82, 2.24) is 9.78 Å². The molecule has 0 spiro atoms. The molecule has 3 aromatic rings. The summed E-state index contributed by atoms with van der Waals surface area (Å²) in [5, 5.41) is 5.31. The van der Waals surface area contributed by atoms with Crippen LogP contribution >= 0.6 is 0 Å². The number of halogens is 1. The molecule has 2 aromatic carbocycles. The summed E-state index contributed by atoms with van der Waals surface area (Å²) in [5.74, 6) is -0.379. The van der Waals surface area contributed by atoms with Crippen molar-refractivity contribution in [3.8, 4) is 0 Å². The van der Waals surface area contributed by atoms with Gasteiger partial charge in [-0.3, -0.25) is 8.89 Å². The largest absolute Gasteiger partial charge is 0.399 e. The highest BCUT2D eigenvalue weighted by Crippen LogP contribution is 2.22. The highest BCUT2D eigenvalue weighted by Gasteiger charge is 2.15. The molecule has 1 heterocycles. The molecule has 0 amide bonds. The van der Waals surface area contributed by atoms with Gasteiger partial charge in [-0.15, -0.1) is 0 Å². The van der Waals surface area contributed by atoms with Crippen LogP contribution in [0.1, 0.15) is 5.69 Å². The van der Waals surface area contributed by atoms with Gasteiger partial charge in [0, 0.05) is 18.1 Å². The number of nitrogens with two attached hydrogens (primary N) is 1. The Balaban J connectivity index is 1.97. The van der Waals surface area contributed by atoms with E-state index in [0.717, 1.165) is 10.9 Å². The van der Waals surface area contributed by atoms with Gasteiger partial charge >= 0.3 is 0 Å². The molecule has 1 aromatic heterocycles. The van der Waals surface area contributed by atoms with Crippen molar-refractivity contribution in [3.05, 3.63) is 54.0 Å². The van der Waals surface area contributed by atoms with Crippen LogP contribution in [0.15, 0.2) is 47.4 Å². The third-order valence-corrected chi connectivity index (χ3v) is 4.66. The first-order valence-electron chi connectivity index (χ1n) is 6.40. The lowest BCUT2D eigenvalue weighted by atomic mass is 10.2. The molecule has 2 N–H and O–H groups in total. The summed E-state index contributed by atoms with van der Waals surface area (Å²) in [4.78, 5) is 0.152. The maximum atomic E-state index is 13.8. The van der Waals surface area contributed by atoms with Crippen molar-refractivity contribution in [2.24, 2.45) is 7.05 Å². The highest BCUT2D eigenvalue weighted by atomic mass is 32.2. The van der Waals surface area contributed by atoms with E-state index in [-0.39, 0.29) is 10.6 Å². The molecule has 0 bridgehead atoms. The van der Waals surface area contributed by atoms with E-state index in [4.69, 9.17) is 5.73 Å². The van der Waals surface area contributed by atoms with Gasteiger partial charge in [0.1, 0.15) is 5.82 Å². The fourth-order valence-electron chi connectivity index (χ4n) is 2.30. The smallest absolute Gasteiger partial charge is 0.141 e. The second-order valence-corrected chi connectivity index (χ2v) is 6.19. The molecular weight excluding hydrogens is 289 g/mol. The van der Waals surface area contributed by atoms with Gasteiger partial charge in [-0.25, -0.2) is 4.39 Å². The van der Waals surface area contributed by atoms with Crippen molar-refractivity contribution in [2.45, 2.75) is 10.6 Å². The van der Waals surface area contributed by atoms with Gasteiger partial charge in [-0.2, -0.15) is 5.10 Å². The van der Waals surface area contributed by atoms with Crippen LogP contribution in [-0.2, 0) is 23.6 Å². The van der Waals surface area contributed by atoms with Gasteiger partial charge in [0.25, 0.3) is 0 Å². The maximum absolute atomic E-state index is 13.8. The van der Waals surface area contributed by atoms with Crippen LogP contribution in [-0.4, -0.2) is 14.0 Å². The number of nitrogen functional groups attached to an aromatic ring is 1. The molecule has 0 aliphatic rings. The molecule has 0 saturated carbocycles. The third-order valence-electron chi connectivity index (χ3n) is 3.30. The summed E-state index contributed by atoms with van der Waals surface area (Å²) < 4.78 is 27.9. The summed E-state index contributed by atoms with van der Waals surface area (Å²) >= 11 is 0. The zero-order valence-corrected chi connectivity index (χ0v) is 12.2. The average molecular weight is 303 g/mol. The van der Waals surface area contributed by atoms with E-state index < -0.39 is 16.6 Å². The quantitative estimate of drug-likeness (QED) is 0.757. The molecule has 0 aliphatic carbocycles. The van der Waals surface area contributed by atoms with Crippen molar-refractivity contribution in [1.29, 1.82) is 0 Å². The first-order valence-corrected chi connectivity index (χ1v) is 7.72. The molecule has 0 fully saturated rings. The van der Waals surface area contributed by atoms with E-state index in [0.29, 0.717) is 11.4 Å². The van der Waals surface area contributed by atoms with Gasteiger partial charge < -0.3 is 5.73 Å². The van der Waals surface area contributed by atoms with E-state index in [9.17, 15) is 8.60 Å². The Morgan fingerprint density at radius 2 is 2.05 bits per heavy atom. The number of fused-ring (bicyclic) bond motifs is 1. The number of hydrogen-bond donors (Lipinski definition) is 1. The fourth-order valence-corrected chi connectivity index (χ4v) is 3.41. The average Bonchev–Trinajstić information content (AvgIpc) is 2.76. The minimum Gasteiger partial charge on any atom is -0.399 e. The van der Waals surface area contributed by atoms with Crippen LogP contribution in [0.3, 0.4) is 0 Å². The molecule has 1 atom stereocenters. The third kappa shape index (κ3) is 2.54. The van der Waals surface area contributed by atoms with Crippen LogP contribution in [0, 0.1) is 5.82 Å². The normalized spacial score (nSPS) is 12.7. The number of rotatable bonds is 3. The van der Waals surface area contributed by atoms with Crippen LogP contribution < -0.4 is 5.73 Å². The number of para-hydroxylation sites is 1. The van der Waals surface area contributed by atoms with Gasteiger partial charge in [0.15, 0.2) is 0 Å². The minimum atomic E-state index is -1.50. The number of nitrogens with zero attached hydrogens (tertiary/aromatic N) is 2. The predicted octanol–water partition coefficient (Wildman–Crippen LogP) is 2.60. The van der Waals surface area contributed by atoms with Crippen molar-refractivity contribution >= 4 is 27.4 Å². The Morgan fingerprint density at radius 1 is 1.29 bits per heavy atom. The zero-order chi connectivity index (χ0) is 15.0. The van der Waals surface area contributed by atoms with Gasteiger partial charge in [0.05, 0.1) is 32.7 Å². The molecule has 21 heavy (non-hydrogen) atoms. The summed E-state index contributed by atoms with van der Waals surface area (Å²) in [6, 6.07) is 11.9. The zero-order valence-electron chi connectivity index (χ0n) is 11.4. The van der Waals surface area contributed by atoms with Gasteiger partial charge in [-0.05, 0) is 24.3 Å². The summed E-state index contributed by atoms with van der Waals surface area (Å²) in [5.41, 5.74) is 7.48. The lowest BCUT2D eigenvalue weighted by molar-refractivity contribution is 0.596. The van der Waals surface area contributed by atoms with E-state index in [2.05, 4.69) is 5.10 Å². The van der Waals surface area contributed by atoms with Crippen LogP contribution in [0.5, 0.6) is 0 Å². The fraction of sp³-hybridized carbons (Fsp3) is 0.133. The van der Waals surface area contributed by atoms with E-state index in [1.807, 2.05) is 31.3 Å².